The van der Waals surface area contributed by atoms with Gasteiger partial charge in [0.1, 0.15) is 10.8 Å². The molecule has 2 heterocycles. The number of hydrogen-bond donors (Lipinski definition) is 1. The lowest BCUT2D eigenvalue weighted by Crippen LogP contribution is -2.24. The first kappa shape index (κ1) is 21.7. The number of rotatable bonds is 7. The molecule has 0 saturated carbocycles. The van der Waals surface area contributed by atoms with Crippen molar-refractivity contribution in [2.45, 2.75) is 23.7 Å². The van der Waals surface area contributed by atoms with E-state index in [9.17, 15) is 14.0 Å². The Bertz CT molecular complexity index is 1080. The third-order valence-corrected chi connectivity index (χ3v) is 6.98. The van der Waals surface area contributed by atoms with Crippen molar-refractivity contribution < 1.29 is 14.0 Å². The van der Waals surface area contributed by atoms with Gasteiger partial charge in [0, 0.05) is 46.7 Å². The lowest BCUT2D eigenvalue weighted by Gasteiger charge is -2.16. The first-order chi connectivity index (χ1) is 15.0. The van der Waals surface area contributed by atoms with Gasteiger partial charge in [-0.15, -0.1) is 22.0 Å². The molecule has 3 aromatic rings. The van der Waals surface area contributed by atoms with Gasteiger partial charge in [0.15, 0.2) is 0 Å². The Morgan fingerprint density at radius 3 is 2.68 bits per heavy atom. The normalized spacial score (nSPS) is 16.0. The highest BCUT2D eigenvalue weighted by molar-refractivity contribution is 7.99. The highest BCUT2D eigenvalue weighted by Crippen LogP contribution is 2.34. The molecule has 1 saturated heterocycles. The fourth-order valence-corrected chi connectivity index (χ4v) is 5.00. The van der Waals surface area contributed by atoms with Crippen molar-refractivity contribution in [1.29, 1.82) is 0 Å². The number of hydrogen-bond acceptors (Lipinski definition) is 6. The van der Waals surface area contributed by atoms with E-state index in [1.807, 2.05) is 24.3 Å². The topological polar surface area (TPSA) is 75.2 Å². The van der Waals surface area contributed by atoms with E-state index in [1.54, 1.807) is 28.8 Å². The zero-order chi connectivity index (χ0) is 21.8. The van der Waals surface area contributed by atoms with Crippen LogP contribution in [0.5, 0.6) is 0 Å². The van der Waals surface area contributed by atoms with E-state index in [-0.39, 0.29) is 23.5 Å². The summed E-state index contributed by atoms with van der Waals surface area (Å²) in [6.45, 7) is 0.449. The number of benzene rings is 2. The fraction of sp³-hybridized carbons (Fsp3) is 0.238. The average molecular weight is 477 g/mol. The maximum atomic E-state index is 13.1. The minimum atomic E-state index is -0.344. The second-order valence-corrected chi connectivity index (χ2v) is 9.54. The van der Waals surface area contributed by atoms with Crippen molar-refractivity contribution in [3.63, 3.8) is 0 Å². The molecule has 0 aliphatic carbocycles. The van der Waals surface area contributed by atoms with E-state index in [0.717, 1.165) is 4.90 Å². The van der Waals surface area contributed by atoms with Gasteiger partial charge >= 0.3 is 0 Å². The SMILES string of the molecule is O=C(CCSc1ccc(Cl)cc1)Nc1nnc(C2CC(=O)N(c3ccc(F)cc3)C2)s1. The molecule has 2 aromatic carbocycles. The third-order valence-electron chi connectivity index (χ3n) is 4.71. The predicted octanol–water partition coefficient (Wildman–Crippen LogP) is 4.97. The van der Waals surface area contributed by atoms with Crippen molar-refractivity contribution in [1.82, 2.24) is 10.2 Å². The first-order valence-corrected chi connectivity index (χ1v) is 11.7. The van der Waals surface area contributed by atoms with E-state index in [0.29, 0.717) is 46.0 Å². The van der Waals surface area contributed by atoms with Gasteiger partial charge < -0.3 is 10.2 Å². The van der Waals surface area contributed by atoms with Gasteiger partial charge in [-0.1, -0.05) is 22.9 Å². The number of carbonyl (C=O) groups excluding carboxylic acids is 2. The first-order valence-electron chi connectivity index (χ1n) is 9.55. The molecule has 0 bridgehead atoms. The molecule has 160 valence electrons. The number of carbonyl (C=O) groups is 2. The Balaban J connectivity index is 1.29. The number of nitrogens with zero attached hydrogens (tertiary/aromatic N) is 3. The quantitative estimate of drug-likeness (QED) is 0.487. The Morgan fingerprint density at radius 1 is 1.19 bits per heavy atom. The number of aromatic nitrogens is 2. The average Bonchev–Trinajstić information content (AvgIpc) is 3.37. The van der Waals surface area contributed by atoms with Crippen LogP contribution in [0.3, 0.4) is 0 Å². The number of halogens is 2. The molecule has 4 rings (SSSR count). The minimum Gasteiger partial charge on any atom is -0.312 e. The van der Waals surface area contributed by atoms with Crippen LogP contribution in [-0.4, -0.2) is 34.3 Å². The molecule has 1 fully saturated rings. The molecule has 10 heteroatoms. The van der Waals surface area contributed by atoms with Crippen molar-refractivity contribution in [2.24, 2.45) is 0 Å². The van der Waals surface area contributed by atoms with Crippen LogP contribution < -0.4 is 10.2 Å². The fourth-order valence-electron chi connectivity index (χ4n) is 3.17. The highest BCUT2D eigenvalue weighted by atomic mass is 35.5. The Hall–Kier alpha value is -2.49. The smallest absolute Gasteiger partial charge is 0.227 e. The molecule has 6 nitrogen and oxygen atoms in total. The monoisotopic (exact) mass is 476 g/mol. The van der Waals surface area contributed by atoms with Gasteiger partial charge in [-0.3, -0.25) is 9.59 Å². The van der Waals surface area contributed by atoms with Gasteiger partial charge in [0.05, 0.1) is 0 Å². The van der Waals surface area contributed by atoms with E-state index in [2.05, 4.69) is 15.5 Å². The number of amides is 2. The summed E-state index contributed by atoms with van der Waals surface area (Å²) >= 11 is 8.72. The highest BCUT2D eigenvalue weighted by Gasteiger charge is 2.34. The molecule has 2 amide bonds. The Labute approximate surface area is 191 Å². The summed E-state index contributed by atoms with van der Waals surface area (Å²) < 4.78 is 13.1. The van der Waals surface area contributed by atoms with Crippen LogP contribution in [0.2, 0.25) is 5.02 Å². The maximum Gasteiger partial charge on any atom is 0.227 e. The lowest BCUT2D eigenvalue weighted by atomic mass is 10.1. The number of anilines is 2. The summed E-state index contributed by atoms with van der Waals surface area (Å²) in [7, 11) is 0. The van der Waals surface area contributed by atoms with Crippen molar-refractivity contribution in [3.8, 4) is 0 Å². The van der Waals surface area contributed by atoms with Gasteiger partial charge in [-0.2, -0.15) is 0 Å². The van der Waals surface area contributed by atoms with Gasteiger partial charge in [-0.05, 0) is 48.5 Å². The third kappa shape index (κ3) is 5.61. The van der Waals surface area contributed by atoms with Crippen LogP contribution >= 0.6 is 34.7 Å². The van der Waals surface area contributed by atoms with Crippen LogP contribution in [0.25, 0.3) is 0 Å². The summed E-state index contributed by atoms with van der Waals surface area (Å²) in [5, 5.41) is 12.8. The van der Waals surface area contributed by atoms with Gasteiger partial charge in [-0.25, -0.2) is 4.39 Å². The van der Waals surface area contributed by atoms with E-state index in [1.165, 1.54) is 23.5 Å². The standard InChI is InChI=1S/C21H18ClFN4O2S2/c22-14-1-7-17(8-2-14)30-10-9-18(28)24-21-26-25-20(31-21)13-11-19(29)27(12-13)16-5-3-15(23)4-6-16/h1-8,13H,9-12H2,(H,24,26,28). The molecule has 1 N–H and O–H groups in total. The molecule has 1 aliphatic heterocycles. The summed E-state index contributed by atoms with van der Waals surface area (Å²) in [4.78, 5) is 27.3. The lowest BCUT2D eigenvalue weighted by molar-refractivity contribution is -0.117. The Kier molecular flexibility index (Phi) is 6.84. The largest absolute Gasteiger partial charge is 0.312 e. The second kappa shape index (κ2) is 9.76. The minimum absolute atomic E-state index is 0.0448. The summed E-state index contributed by atoms with van der Waals surface area (Å²) in [6, 6.07) is 13.3. The van der Waals surface area contributed by atoms with Crippen LogP contribution in [0.15, 0.2) is 53.4 Å². The van der Waals surface area contributed by atoms with E-state index < -0.39 is 0 Å². The number of nitrogens with one attached hydrogen (secondary N) is 1. The predicted molar refractivity (Wildman–Crippen MR) is 121 cm³/mol. The second-order valence-electron chi connectivity index (χ2n) is 6.93. The van der Waals surface area contributed by atoms with Gasteiger partial charge in [0.2, 0.25) is 16.9 Å². The van der Waals surface area contributed by atoms with Crippen molar-refractivity contribution >= 4 is 57.3 Å². The molecule has 0 radical (unpaired) electrons. The van der Waals surface area contributed by atoms with E-state index >= 15 is 0 Å². The van der Waals surface area contributed by atoms with E-state index in [4.69, 9.17) is 11.6 Å². The van der Waals surface area contributed by atoms with Crippen LogP contribution in [0.1, 0.15) is 23.8 Å². The van der Waals surface area contributed by atoms with Crippen LogP contribution in [0.4, 0.5) is 15.2 Å². The summed E-state index contributed by atoms with van der Waals surface area (Å²) in [6.07, 6.45) is 0.639. The molecule has 0 spiro atoms. The molecule has 31 heavy (non-hydrogen) atoms. The van der Waals surface area contributed by atoms with Crippen molar-refractivity contribution in [3.05, 3.63) is 64.4 Å². The molecule has 1 unspecified atom stereocenters. The van der Waals surface area contributed by atoms with Crippen molar-refractivity contribution in [2.75, 3.05) is 22.5 Å². The van der Waals surface area contributed by atoms with Crippen LogP contribution in [-0.2, 0) is 9.59 Å². The number of thioether (sulfide) groups is 1. The van der Waals surface area contributed by atoms with Gasteiger partial charge in [0.25, 0.3) is 0 Å². The molecular formula is C21H18ClFN4O2S2. The summed E-state index contributed by atoms with van der Waals surface area (Å²) in [5.41, 5.74) is 0.658. The Morgan fingerprint density at radius 2 is 1.94 bits per heavy atom. The van der Waals surface area contributed by atoms with Crippen LogP contribution in [0, 0.1) is 5.82 Å². The zero-order valence-corrected chi connectivity index (χ0v) is 18.6. The zero-order valence-electron chi connectivity index (χ0n) is 16.3. The molecule has 1 atom stereocenters. The summed E-state index contributed by atoms with van der Waals surface area (Å²) in [5.74, 6) is -0.0107. The molecular weight excluding hydrogens is 459 g/mol. The molecule has 1 aromatic heterocycles. The molecule has 1 aliphatic rings. The maximum absolute atomic E-state index is 13.1.